The number of phenols is 1. The highest BCUT2D eigenvalue weighted by Gasteiger charge is 2.17. The van der Waals surface area contributed by atoms with E-state index >= 15 is 0 Å². The summed E-state index contributed by atoms with van der Waals surface area (Å²) in [6, 6.07) is 3.65. The number of nitrogens with zero attached hydrogens (tertiary/aromatic N) is 2. The zero-order chi connectivity index (χ0) is 12.4. The number of benzene rings is 1. The highest BCUT2D eigenvalue weighted by atomic mass is 32.1. The van der Waals surface area contributed by atoms with E-state index in [1.54, 1.807) is 6.92 Å². The minimum Gasteiger partial charge on any atom is -0.507 e. The maximum Gasteiger partial charge on any atom is 0.264 e. The lowest BCUT2D eigenvalue weighted by Gasteiger charge is -2.04. The summed E-state index contributed by atoms with van der Waals surface area (Å²) in [5.41, 5.74) is -0.402. The second-order valence-electron chi connectivity index (χ2n) is 3.21. The van der Waals surface area contributed by atoms with Gasteiger partial charge in [0, 0.05) is 0 Å². The first-order valence-corrected chi connectivity index (χ1v) is 5.48. The van der Waals surface area contributed by atoms with Gasteiger partial charge in [-0.05, 0) is 19.1 Å². The van der Waals surface area contributed by atoms with Crippen molar-refractivity contribution in [2.45, 2.75) is 6.92 Å². The molecule has 0 aliphatic rings. The molecule has 1 aromatic carbocycles. The Kier molecular flexibility index (Phi) is 3.01. The van der Waals surface area contributed by atoms with E-state index in [0.717, 1.165) is 17.4 Å². The molecule has 0 spiro atoms. The fourth-order valence-electron chi connectivity index (χ4n) is 1.24. The van der Waals surface area contributed by atoms with Crippen molar-refractivity contribution in [1.82, 2.24) is 10.2 Å². The van der Waals surface area contributed by atoms with Crippen molar-refractivity contribution in [3.63, 3.8) is 0 Å². The van der Waals surface area contributed by atoms with E-state index < -0.39 is 23.0 Å². The molecule has 0 fully saturated rings. The number of carbonyl (C=O) groups is 1. The lowest BCUT2D eigenvalue weighted by Crippen LogP contribution is -2.13. The maximum atomic E-state index is 13.4. The molecule has 0 aliphatic heterocycles. The first-order chi connectivity index (χ1) is 8.08. The third-order valence-electron chi connectivity index (χ3n) is 1.97. The van der Waals surface area contributed by atoms with Gasteiger partial charge < -0.3 is 5.11 Å². The van der Waals surface area contributed by atoms with E-state index in [2.05, 4.69) is 15.5 Å². The molecule has 0 atom stereocenters. The predicted octanol–water partition coefficient (Wildman–Crippen LogP) is 1.94. The van der Waals surface area contributed by atoms with Crippen LogP contribution in [0, 0.1) is 12.7 Å². The summed E-state index contributed by atoms with van der Waals surface area (Å²) >= 11 is 1.16. The monoisotopic (exact) mass is 253 g/mol. The number of phenolic OH excluding ortho intramolecular Hbond substituents is 1. The summed E-state index contributed by atoms with van der Waals surface area (Å²) in [5.74, 6) is -1.95. The van der Waals surface area contributed by atoms with Crippen molar-refractivity contribution in [2.24, 2.45) is 0 Å². The van der Waals surface area contributed by atoms with Gasteiger partial charge in [0.2, 0.25) is 5.13 Å². The van der Waals surface area contributed by atoms with Gasteiger partial charge in [0.15, 0.2) is 0 Å². The number of rotatable bonds is 2. The molecule has 2 N–H and O–H groups in total. The summed E-state index contributed by atoms with van der Waals surface area (Å²) in [5, 5.41) is 20.1. The number of aromatic hydroxyl groups is 1. The first kappa shape index (κ1) is 11.5. The van der Waals surface area contributed by atoms with E-state index in [1.807, 2.05) is 0 Å². The quantitative estimate of drug-likeness (QED) is 0.857. The van der Waals surface area contributed by atoms with Gasteiger partial charge in [0.25, 0.3) is 5.91 Å². The molecule has 0 radical (unpaired) electrons. The lowest BCUT2D eigenvalue weighted by atomic mass is 10.2. The van der Waals surface area contributed by atoms with Crippen molar-refractivity contribution in [1.29, 1.82) is 0 Å². The molecule has 0 bridgehead atoms. The number of anilines is 1. The van der Waals surface area contributed by atoms with Gasteiger partial charge in [0.1, 0.15) is 22.1 Å². The normalized spacial score (nSPS) is 10.2. The minimum atomic E-state index is -0.788. The number of aryl methyl sites for hydroxylation is 1. The molecule has 0 unspecified atom stereocenters. The van der Waals surface area contributed by atoms with Crippen LogP contribution in [0.5, 0.6) is 5.75 Å². The van der Waals surface area contributed by atoms with Crippen LogP contribution >= 0.6 is 11.3 Å². The number of hydrogen-bond donors (Lipinski definition) is 2. The minimum absolute atomic E-state index is 0.259. The van der Waals surface area contributed by atoms with Gasteiger partial charge in [-0.3, -0.25) is 10.1 Å². The number of halogens is 1. The van der Waals surface area contributed by atoms with Crippen molar-refractivity contribution in [3.05, 3.63) is 34.6 Å². The fraction of sp³-hybridized carbons (Fsp3) is 0.100. The van der Waals surface area contributed by atoms with E-state index in [4.69, 9.17) is 0 Å². The second kappa shape index (κ2) is 4.46. The lowest BCUT2D eigenvalue weighted by molar-refractivity contribution is 0.102. The summed E-state index contributed by atoms with van der Waals surface area (Å²) < 4.78 is 13.4. The third kappa shape index (κ3) is 2.39. The van der Waals surface area contributed by atoms with Gasteiger partial charge in [-0.25, -0.2) is 4.39 Å². The van der Waals surface area contributed by atoms with Crippen LogP contribution in [-0.4, -0.2) is 21.2 Å². The second-order valence-corrected chi connectivity index (χ2v) is 4.40. The summed E-state index contributed by atoms with van der Waals surface area (Å²) in [7, 11) is 0. The van der Waals surface area contributed by atoms with Crippen molar-refractivity contribution < 1.29 is 14.3 Å². The van der Waals surface area contributed by atoms with Crippen molar-refractivity contribution >= 4 is 22.4 Å². The highest BCUT2D eigenvalue weighted by Crippen LogP contribution is 2.22. The van der Waals surface area contributed by atoms with Gasteiger partial charge in [0.05, 0.1) is 0 Å². The number of amides is 1. The van der Waals surface area contributed by atoms with Crippen LogP contribution in [0.4, 0.5) is 9.52 Å². The molecule has 17 heavy (non-hydrogen) atoms. The SMILES string of the molecule is Cc1nnc(NC(=O)c2c(O)cccc2F)s1. The number of nitrogens with one attached hydrogen (secondary N) is 1. The van der Waals surface area contributed by atoms with Crippen LogP contribution < -0.4 is 5.32 Å². The number of hydrogen-bond acceptors (Lipinski definition) is 5. The molecule has 5 nitrogen and oxygen atoms in total. The Morgan fingerprint density at radius 2 is 2.24 bits per heavy atom. The average Bonchev–Trinajstić information content (AvgIpc) is 2.63. The average molecular weight is 253 g/mol. The maximum absolute atomic E-state index is 13.4. The molecule has 1 aromatic heterocycles. The Hall–Kier alpha value is -2.02. The molecular weight excluding hydrogens is 245 g/mol. The van der Waals surface area contributed by atoms with E-state index in [0.29, 0.717) is 5.01 Å². The van der Waals surface area contributed by atoms with Crippen molar-refractivity contribution in [3.8, 4) is 5.75 Å². The fourth-order valence-corrected chi connectivity index (χ4v) is 1.83. The number of carbonyl (C=O) groups excluding carboxylic acids is 1. The van der Waals surface area contributed by atoms with Crippen LogP contribution in [0.3, 0.4) is 0 Å². The van der Waals surface area contributed by atoms with Crippen LogP contribution in [0.15, 0.2) is 18.2 Å². The van der Waals surface area contributed by atoms with Crippen LogP contribution in [-0.2, 0) is 0 Å². The van der Waals surface area contributed by atoms with Gasteiger partial charge >= 0.3 is 0 Å². The molecule has 88 valence electrons. The topological polar surface area (TPSA) is 75.1 Å². The van der Waals surface area contributed by atoms with Crippen molar-refractivity contribution in [2.75, 3.05) is 5.32 Å². The Morgan fingerprint density at radius 1 is 1.47 bits per heavy atom. The molecule has 0 aliphatic carbocycles. The highest BCUT2D eigenvalue weighted by molar-refractivity contribution is 7.15. The molecule has 1 heterocycles. The summed E-state index contributed by atoms with van der Waals surface area (Å²) in [6.07, 6.45) is 0. The Labute approximate surface area is 99.9 Å². The van der Waals surface area contributed by atoms with Crippen LogP contribution in [0.2, 0.25) is 0 Å². The Balaban J connectivity index is 2.26. The van der Waals surface area contributed by atoms with Crippen LogP contribution in [0.1, 0.15) is 15.4 Å². The third-order valence-corrected chi connectivity index (χ3v) is 2.72. The summed E-state index contributed by atoms with van der Waals surface area (Å²) in [6.45, 7) is 1.73. The van der Waals surface area contributed by atoms with Crippen LogP contribution in [0.25, 0.3) is 0 Å². The smallest absolute Gasteiger partial charge is 0.264 e. The zero-order valence-electron chi connectivity index (χ0n) is 8.77. The van der Waals surface area contributed by atoms with E-state index in [-0.39, 0.29) is 5.13 Å². The standard InChI is InChI=1S/C10H8FN3O2S/c1-5-13-14-10(17-5)12-9(16)8-6(11)3-2-4-7(8)15/h2-4,15H,1H3,(H,12,14,16). The Bertz CT molecular complexity index is 550. The first-order valence-electron chi connectivity index (χ1n) is 4.67. The summed E-state index contributed by atoms with van der Waals surface area (Å²) in [4.78, 5) is 11.7. The molecular formula is C10H8FN3O2S. The molecule has 0 saturated heterocycles. The number of aromatic nitrogens is 2. The van der Waals surface area contributed by atoms with E-state index in [9.17, 15) is 14.3 Å². The zero-order valence-corrected chi connectivity index (χ0v) is 9.58. The van der Waals surface area contributed by atoms with Gasteiger partial charge in [-0.1, -0.05) is 17.4 Å². The van der Waals surface area contributed by atoms with Gasteiger partial charge in [-0.2, -0.15) is 0 Å². The predicted molar refractivity (Wildman–Crippen MR) is 60.7 cm³/mol. The molecule has 1 amide bonds. The van der Waals surface area contributed by atoms with Gasteiger partial charge in [-0.15, -0.1) is 10.2 Å². The molecule has 2 rings (SSSR count). The van der Waals surface area contributed by atoms with E-state index in [1.165, 1.54) is 12.1 Å². The molecule has 7 heteroatoms. The molecule has 2 aromatic rings. The Morgan fingerprint density at radius 3 is 2.82 bits per heavy atom. The largest absolute Gasteiger partial charge is 0.507 e. The molecule has 0 saturated carbocycles.